The van der Waals surface area contributed by atoms with Gasteiger partial charge in [-0.25, -0.2) is 9.18 Å². The second-order valence-electron chi connectivity index (χ2n) is 7.67. The molecule has 0 spiro atoms. The summed E-state index contributed by atoms with van der Waals surface area (Å²) in [6.07, 6.45) is 1.69. The fourth-order valence-electron chi connectivity index (χ4n) is 3.67. The van der Waals surface area contributed by atoms with E-state index in [1.165, 1.54) is 12.1 Å². The van der Waals surface area contributed by atoms with Gasteiger partial charge >= 0.3 is 13.5 Å². The summed E-state index contributed by atoms with van der Waals surface area (Å²) in [5.41, 5.74) is 3.04. The normalized spacial score (nSPS) is 13.0. The number of nitrogens with one attached hydrogen (secondary N) is 1. The Bertz CT molecular complexity index is 1620. The minimum atomic E-state index is -4.00. The largest absolute Gasteiger partial charge is 0.477 e. The molecule has 0 aliphatic heterocycles. The first-order valence-corrected chi connectivity index (χ1v) is 13.3. The Morgan fingerprint density at radius 2 is 1.89 bits per heavy atom. The smallest absolute Gasteiger partial charge is 0.348 e. The van der Waals surface area contributed by atoms with E-state index in [4.69, 9.17) is 20.5 Å². The molecule has 36 heavy (non-hydrogen) atoms. The van der Waals surface area contributed by atoms with Gasteiger partial charge < -0.3 is 19.1 Å². The molecule has 0 saturated heterocycles. The molecule has 0 bridgehead atoms. The highest BCUT2D eigenvalue weighted by molar-refractivity contribution is 7.68. The molecule has 2 aromatic carbocycles. The molecule has 7 nitrogen and oxygen atoms in total. The Kier molecular flexibility index (Phi) is 6.40. The fourth-order valence-corrected chi connectivity index (χ4v) is 6.38. The van der Waals surface area contributed by atoms with E-state index in [-0.39, 0.29) is 20.9 Å². The molecule has 0 aliphatic carbocycles. The van der Waals surface area contributed by atoms with E-state index in [2.05, 4.69) is 10.1 Å². The standard InChI is InChI=1S/C25H17ClFN2O5PS/c1-33-35(32,22-9-8-16(26)11-17(22)27)29-19-13-23(36-24(19)25(30)31)15-6-4-14(5-7-15)21-12-18-20(34-21)3-2-10-28-18/h2-13H,1H3,(H,29,32)(H,30,31). The molecule has 182 valence electrons. The van der Waals surface area contributed by atoms with Gasteiger partial charge in [0, 0.05) is 34.8 Å². The molecular weight excluding hydrogens is 526 g/mol. The number of carbonyl (C=O) groups is 1. The number of carboxylic acid groups (broad SMARTS) is 1. The van der Waals surface area contributed by atoms with Gasteiger partial charge in [-0.2, -0.15) is 0 Å². The summed E-state index contributed by atoms with van der Waals surface area (Å²) in [6, 6.07) is 18.0. The molecule has 11 heteroatoms. The SMILES string of the molecule is COP(=O)(Nc1cc(-c2ccc(-c3cc4ncccc4o3)cc2)sc1C(=O)O)c1ccc(Cl)cc1F. The molecular formula is C25H17ClFN2O5PS. The van der Waals surface area contributed by atoms with Crippen LogP contribution in [0, 0.1) is 5.82 Å². The van der Waals surface area contributed by atoms with E-state index in [1.54, 1.807) is 18.3 Å². The molecule has 1 atom stereocenters. The quantitative estimate of drug-likeness (QED) is 0.208. The zero-order valence-corrected chi connectivity index (χ0v) is 21.0. The number of nitrogens with zero attached hydrogens (tertiary/aromatic N) is 1. The lowest BCUT2D eigenvalue weighted by molar-refractivity contribution is 0.0703. The van der Waals surface area contributed by atoms with Gasteiger partial charge in [-0.15, -0.1) is 11.3 Å². The van der Waals surface area contributed by atoms with E-state index >= 15 is 0 Å². The highest BCUT2D eigenvalue weighted by atomic mass is 35.5. The molecule has 3 aromatic heterocycles. The number of furan rings is 1. The number of carboxylic acids is 1. The fraction of sp³-hybridized carbons (Fsp3) is 0.0400. The minimum absolute atomic E-state index is 0.0504. The molecule has 0 fully saturated rings. The molecule has 1 unspecified atom stereocenters. The summed E-state index contributed by atoms with van der Waals surface area (Å²) in [5.74, 6) is -1.40. The number of hydrogen-bond acceptors (Lipinski definition) is 6. The zero-order valence-electron chi connectivity index (χ0n) is 18.6. The Balaban J connectivity index is 1.48. The molecule has 0 radical (unpaired) electrons. The van der Waals surface area contributed by atoms with Crippen LogP contribution in [0.1, 0.15) is 9.67 Å². The van der Waals surface area contributed by atoms with Crippen LogP contribution in [0.25, 0.3) is 32.9 Å². The molecule has 3 heterocycles. The van der Waals surface area contributed by atoms with E-state index in [0.29, 0.717) is 16.2 Å². The van der Waals surface area contributed by atoms with Crippen LogP contribution in [0.2, 0.25) is 5.02 Å². The summed E-state index contributed by atoms with van der Waals surface area (Å²) in [4.78, 5) is 16.7. The third-order valence-electron chi connectivity index (χ3n) is 5.42. The third-order valence-corrected chi connectivity index (χ3v) is 8.87. The van der Waals surface area contributed by atoms with Gasteiger partial charge in [-0.05, 0) is 42.0 Å². The number of fused-ring (bicyclic) bond motifs is 1. The Morgan fingerprint density at radius 1 is 1.14 bits per heavy atom. The van der Waals surface area contributed by atoms with Gasteiger partial charge in [0.05, 0.1) is 11.0 Å². The van der Waals surface area contributed by atoms with E-state index in [9.17, 15) is 18.9 Å². The van der Waals surface area contributed by atoms with Crippen molar-refractivity contribution in [3.05, 3.63) is 88.6 Å². The number of aromatic carboxylic acids is 1. The van der Waals surface area contributed by atoms with Crippen LogP contribution < -0.4 is 10.4 Å². The number of aromatic nitrogens is 1. The van der Waals surface area contributed by atoms with E-state index < -0.39 is 19.3 Å². The first kappa shape index (κ1) is 24.2. The van der Waals surface area contributed by atoms with Crippen molar-refractivity contribution in [2.75, 3.05) is 12.2 Å². The van der Waals surface area contributed by atoms with Crippen LogP contribution in [-0.4, -0.2) is 23.2 Å². The number of anilines is 1. The predicted octanol–water partition coefficient (Wildman–Crippen LogP) is 7.29. The number of thiophene rings is 1. The average Bonchev–Trinajstić information content (AvgIpc) is 3.48. The Labute approximate surface area is 213 Å². The average molecular weight is 543 g/mol. The van der Waals surface area contributed by atoms with Crippen molar-refractivity contribution < 1.29 is 27.8 Å². The summed E-state index contributed by atoms with van der Waals surface area (Å²) in [7, 11) is -2.84. The number of rotatable bonds is 7. The molecule has 0 amide bonds. The lowest BCUT2D eigenvalue weighted by atomic mass is 10.1. The topological polar surface area (TPSA) is 102 Å². The van der Waals surface area contributed by atoms with Gasteiger partial charge in [0.2, 0.25) is 0 Å². The maximum Gasteiger partial charge on any atom is 0.348 e. The van der Waals surface area contributed by atoms with Gasteiger partial charge in [0.1, 0.15) is 22.0 Å². The minimum Gasteiger partial charge on any atom is -0.477 e. The maximum atomic E-state index is 14.5. The molecule has 2 N–H and O–H groups in total. The number of benzene rings is 2. The van der Waals surface area contributed by atoms with Gasteiger partial charge in [0.15, 0.2) is 5.58 Å². The van der Waals surface area contributed by atoms with E-state index in [1.807, 2.05) is 36.4 Å². The van der Waals surface area contributed by atoms with Gasteiger partial charge in [-0.1, -0.05) is 35.9 Å². The monoisotopic (exact) mass is 542 g/mol. The summed E-state index contributed by atoms with van der Waals surface area (Å²) < 4.78 is 39.0. The Morgan fingerprint density at radius 3 is 2.56 bits per heavy atom. The van der Waals surface area contributed by atoms with Crippen molar-refractivity contribution in [2.24, 2.45) is 0 Å². The van der Waals surface area contributed by atoms with Gasteiger partial charge in [-0.3, -0.25) is 9.55 Å². The molecule has 5 aromatic rings. The van der Waals surface area contributed by atoms with Crippen LogP contribution in [0.4, 0.5) is 10.1 Å². The van der Waals surface area contributed by atoms with Crippen LogP contribution >= 0.6 is 30.5 Å². The number of pyridine rings is 1. The second kappa shape index (κ2) is 9.52. The van der Waals surface area contributed by atoms with Crippen molar-refractivity contribution in [1.82, 2.24) is 4.98 Å². The van der Waals surface area contributed by atoms with Crippen molar-refractivity contribution >= 4 is 58.5 Å². The Hall–Kier alpha value is -3.49. The third kappa shape index (κ3) is 4.54. The first-order valence-electron chi connectivity index (χ1n) is 10.5. The lowest BCUT2D eigenvalue weighted by Crippen LogP contribution is -2.17. The van der Waals surface area contributed by atoms with Crippen molar-refractivity contribution in [2.45, 2.75) is 0 Å². The summed E-state index contributed by atoms with van der Waals surface area (Å²) >= 11 is 6.80. The van der Waals surface area contributed by atoms with Crippen molar-refractivity contribution in [3.63, 3.8) is 0 Å². The first-order chi connectivity index (χ1) is 17.3. The van der Waals surface area contributed by atoms with Crippen molar-refractivity contribution in [3.8, 4) is 21.8 Å². The lowest BCUT2D eigenvalue weighted by Gasteiger charge is -2.19. The summed E-state index contributed by atoms with van der Waals surface area (Å²) in [6.45, 7) is 0. The molecule has 0 aliphatic rings. The highest BCUT2D eigenvalue weighted by Gasteiger charge is 2.31. The van der Waals surface area contributed by atoms with Gasteiger partial charge in [0.25, 0.3) is 0 Å². The van der Waals surface area contributed by atoms with Crippen LogP contribution in [-0.2, 0) is 9.09 Å². The van der Waals surface area contributed by atoms with Crippen LogP contribution in [0.5, 0.6) is 0 Å². The number of hydrogen-bond donors (Lipinski definition) is 2. The maximum absolute atomic E-state index is 14.5. The van der Waals surface area contributed by atoms with E-state index in [0.717, 1.165) is 41.2 Å². The van der Waals surface area contributed by atoms with Crippen molar-refractivity contribution in [1.29, 1.82) is 0 Å². The molecule has 5 rings (SSSR count). The number of halogens is 2. The summed E-state index contributed by atoms with van der Waals surface area (Å²) in [5, 5.41) is 12.3. The highest BCUT2D eigenvalue weighted by Crippen LogP contribution is 2.48. The molecule has 0 saturated carbocycles. The zero-order chi connectivity index (χ0) is 25.4. The van der Waals surface area contributed by atoms with Crippen LogP contribution in [0.15, 0.2) is 77.3 Å². The van der Waals surface area contributed by atoms with Crippen LogP contribution in [0.3, 0.4) is 0 Å². The second-order valence-corrected chi connectivity index (χ2v) is 11.3. The predicted molar refractivity (Wildman–Crippen MR) is 139 cm³/mol.